The molecular weight excluding hydrogens is 303 g/mol. The fraction of sp³-hybridized carbons (Fsp3) is 0.250. The maximum Gasteiger partial charge on any atom is 0.137 e. The van der Waals surface area contributed by atoms with Crippen LogP contribution in [-0.2, 0) is 6.42 Å². The summed E-state index contributed by atoms with van der Waals surface area (Å²) in [6.07, 6.45) is 0.599. The average Bonchev–Trinajstić information content (AvgIpc) is 2.71. The largest absolute Gasteiger partial charge is 0.323 e. The topological polar surface area (TPSA) is 38.9 Å². The summed E-state index contributed by atoms with van der Waals surface area (Å²) in [4.78, 5) is 5.23. The lowest BCUT2D eigenvalue weighted by atomic mass is 10.0. The van der Waals surface area contributed by atoms with E-state index in [1.165, 1.54) is 6.07 Å². The zero-order valence-corrected chi connectivity index (χ0v) is 11.7. The zero-order chi connectivity index (χ0) is 12.4. The second kappa shape index (κ2) is 5.25. The number of hydrogen-bond acceptors (Lipinski definition) is 3. The molecule has 0 saturated heterocycles. The second-order valence-electron chi connectivity index (χ2n) is 3.83. The molecule has 1 atom stereocenters. The summed E-state index contributed by atoms with van der Waals surface area (Å²) in [7, 11) is 0. The smallest absolute Gasteiger partial charge is 0.137 e. The van der Waals surface area contributed by atoms with Crippen LogP contribution in [0, 0.1) is 12.7 Å². The maximum atomic E-state index is 13.4. The minimum atomic E-state index is -0.254. The third-order valence-corrected chi connectivity index (χ3v) is 4.54. The van der Waals surface area contributed by atoms with Crippen molar-refractivity contribution in [2.45, 2.75) is 19.4 Å². The highest BCUT2D eigenvalue weighted by molar-refractivity contribution is 9.10. The summed E-state index contributed by atoms with van der Waals surface area (Å²) >= 11 is 4.79. The quantitative estimate of drug-likeness (QED) is 0.940. The van der Waals surface area contributed by atoms with Crippen LogP contribution < -0.4 is 5.73 Å². The number of nitrogens with two attached hydrogens (primary N) is 1. The van der Waals surface area contributed by atoms with Gasteiger partial charge in [0.2, 0.25) is 0 Å². The highest BCUT2D eigenvalue weighted by Gasteiger charge is 2.14. The molecule has 0 aliphatic carbocycles. The predicted molar refractivity (Wildman–Crippen MR) is 71.6 cm³/mol. The summed E-state index contributed by atoms with van der Waals surface area (Å²) < 4.78 is 13.9. The van der Waals surface area contributed by atoms with E-state index in [0.29, 0.717) is 10.9 Å². The van der Waals surface area contributed by atoms with Crippen molar-refractivity contribution in [3.8, 4) is 0 Å². The van der Waals surface area contributed by atoms with E-state index in [9.17, 15) is 4.39 Å². The number of aromatic nitrogens is 1. The Morgan fingerprint density at radius 2 is 2.29 bits per heavy atom. The molecule has 1 heterocycles. The molecule has 0 radical (unpaired) electrons. The molecular formula is C12H12BrFN2S. The third kappa shape index (κ3) is 2.73. The van der Waals surface area contributed by atoms with Crippen molar-refractivity contribution in [2.24, 2.45) is 5.73 Å². The highest BCUT2D eigenvalue weighted by atomic mass is 79.9. The van der Waals surface area contributed by atoms with Gasteiger partial charge in [-0.1, -0.05) is 12.1 Å². The Hall–Kier alpha value is -0.780. The average molecular weight is 315 g/mol. The van der Waals surface area contributed by atoms with Gasteiger partial charge in [-0.25, -0.2) is 9.37 Å². The number of benzene rings is 1. The molecule has 2 rings (SSSR count). The zero-order valence-electron chi connectivity index (χ0n) is 9.28. The lowest BCUT2D eigenvalue weighted by Crippen LogP contribution is -2.13. The molecule has 2 aromatic rings. The second-order valence-corrected chi connectivity index (χ2v) is 5.50. The van der Waals surface area contributed by atoms with Crippen LogP contribution in [0.5, 0.6) is 0 Å². The van der Waals surface area contributed by atoms with Gasteiger partial charge in [-0.2, -0.15) is 0 Å². The van der Waals surface area contributed by atoms with Crippen LogP contribution in [-0.4, -0.2) is 4.98 Å². The summed E-state index contributed by atoms with van der Waals surface area (Å²) in [5.41, 5.74) is 9.73. The number of hydrogen-bond donors (Lipinski definition) is 1. The van der Waals surface area contributed by atoms with Gasteiger partial charge in [-0.3, -0.25) is 0 Å². The molecule has 90 valence electrons. The Morgan fingerprint density at radius 3 is 2.94 bits per heavy atom. The Bertz CT molecular complexity index is 527. The van der Waals surface area contributed by atoms with E-state index < -0.39 is 0 Å². The lowest BCUT2D eigenvalue weighted by Gasteiger charge is -2.12. The van der Waals surface area contributed by atoms with E-state index in [4.69, 9.17) is 5.73 Å². The molecule has 1 aromatic carbocycles. The van der Waals surface area contributed by atoms with Gasteiger partial charge >= 0.3 is 0 Å². The first kappa shape index (κ1) is 12.7. The Labute approximate surface area is 112 Å². The molecule has 0 saturated carbocycles. The van der Waals surface area contributed by atoms with Crippen molar-refractivity contribution in [1.29, 1.82) is 0 Å². The van der Waals surface area contributed by atoms with Crippen LogP contribution in [0.3, 0.4) is 0 Å². The number of halogens is 2. The van der Waals surface area contributed by atoms with E-state index >= 15 is 0 Å². The predicted octanol–water partition coefficient (Wildman–Crippen LogP) is 3.60. The maximum absolute atomic E-state index is 13.4. The van der Waals surface area contributed by atoms with E-state index in [1.54, 1.807) is 22.9 Å². The van der Waals surface area contributed by atoms with E-state index in [2.05, 4.69) is 20.9 Å². The summed E-state index contributed by atoms with van der Waals surface area (Å²) in [5.74, 6) is -0.254. The van der Waals surface area contributed by atoms with Crippen molar-refractivity contribution in [3.05, 3.63) is 50.1 Å². The van der Waals surface area contributed by atoms with Crippen molar-refractivity contribution < 1.29 is 4.39 Å². The standard InChI is InChI=1S/C12H12BrFN2S/c1-7-12(17-6-16-7)10(15)5-8-3-2-4-9(14)11(8)13/h2-4,6,10H,5,15H2,1H3. The van der Waals surface area contributed by atoms with E-state index in [1.807, 2.05) is 13.0 Å². The Morgan fingerprint density at radius 1 is 1.53 bits per heavy atom. The summed E-state index contributed by atoms with van der Waals surface area (Å²) in [5, 5.41) is 0. The third-order valence-electron chi connectivity index (χ3n) is 2.59. The first-order valence-electron chi connectivity index (χ1n) is 5.18. The number of thiazole rings is 1. The van der Waals surface area contributed by atoms with Crippen molar-refractivity contribution >= 4 is 27.3 Å². The molecule has 0 bridgehead atoms. The van der Waals surface area contributed by atoms with Crippen LogP contribution in [0.2, 0.25) is 0 Å². The molecule has 0 amide bonds. The fourth-order valence-corrected chi connectivity index (χ4v) is 2.93. The molecule has 1 aromatic heterocycles. The molecule has 0 fully saturated rings. The monoisotopic (exact) mass is 314 g/mol. The first-order chi connectivity index (χ1) is 8.09. The van der Waals surface area contributed by atoms with Gasteiger partial charge in [0.1, 0.15) is 5.82 Å². The molecule has 2 N–H and O–H groups in total. The van der Waals surface area contributed by atoms with E-state index in [0.717, 1.165) is 16.1 Å². The van der Waals surface area contributed by atoms with Gasteiger partial charge in [0.05, 0.1) is 15.7 Å². The number of aryl methyl sites for hydroxylation is 1. The SMILES string of the molecule is Cc1ncsc1C(N)Cc1cccc(F)c1Br. The van der Waals surface area contributed by atoms with Crippen LogP contribution in [0.15, 0.2) is 28.2 Å². The molecule has 2 nitrogen and oxygen atoms in total. The van der Waals surface area contributed by atoms with Gasteiger partial charge in [-0.05, 0) is 40.9 Å². The molecule has 17 heavy (non-hydrogen) atoms. The highest BCUT2D eigenvalue weighted by Crippen LogP contribution is 2.27. The van der Waals surface area contributed by atoms with Crippen molar-refractivity contribution in [3.63, 3.8) is 0 Å². The molecule has 0 spiro atoms. The molecule has 0 aliphatic rings. The summed E-state index contributed by atoms with van der Waals surface area (Å²) in [6, 6.07) is 4.86. The van der Waals surface area contributed by atoms with Crippen molar-refractivity contribution in [2.75, 3.05) is 0 Å². The van der Waals surface area contributed by atoms with Gasteiger partial charge in [0.25, 0.3) is 0 Å². The van der Waals surface area contributed by atoms with Crippen LogP contribution in [0.25, 0.3) is 0 Å². The van der Waals surface area contributed by atoms with Gasteiger partial charge in [-0.15, -0.1) is 11.3 Å². The van der Waals surface area contributed by atoms with Crippen LogP contribution in [0.1, 0.15) is 22.2 Å². The van der Waals surface area contributed by atoms with Crippen LogP contribution >= 0.6 is 27.3 Å². The summed E-state index contributed by atoms with van der Waals surface area (Å²) in [6.45, 7) is 1.94. The molecule has 1 unspecified atom stereocenters. The number of nitrogens with zero attached hydrogens (tertiary/aromatic N) is 1. The van der Waals surface area contributed by atoms with Gasteiger partial charge < -0.3 is 5.73 Å². The minimum absolute atomic E-state index is 0.138. The lowest BCUT2D eigenvalue weighted by molar-refractivity contribution is 0.614. The molecule has 5 heteroatoms. The van der Waals surface area contributed by atoms with Gasteiger partial charge in [0, 0.05) is 10.9 Å². The van der Waals surface area contributed by atoms with Crippen LogP contribution in [0.4, 0.5) is 4.39 Å². The Kier molecular flexibility index (Phi) is 3.91. The normalized spacial score (nSPS) is 12.7. The first-order valence-corrected chi connectivity index (χ1v) is 6.85. The number of rotatable bonds is 3. The molecule has 0 aliphatic heterocycles. The van der Waals surface area contributed by atoms with Gasteiger partial charge in [0.15, 0.2) is 0 Å². The van der Waals surface area contributed by atoms with E-state index in [-0.39, 0.29) is 11.9 Å². The minimum Gasteiger partial charge on any atom is -0.323 e. The van der Waals surface area contributed by atoms with Crippen molar-refractivity contribution in [1.82, 2.24) is 4.98 Å². The Balaban J connectivity index is 2.22. The fourth-order valence-electron chi connectivity index (χ4n) is 1.70.